The quantitative estimate of drug-likeness (QED) is 0.434. The molecule has 7 heteroatoms. The van der Waals surface area contributed by atoms with Crippen LogP contribution in [0.2, 0.25) is 0 Å². The highest BCUT2D eigenvalue weighted by atomic mass is 32.1. The Morgan fingerprint density at radius 2 is 2.16 bits per heavy atom. The third-order valence-electron chi connectivity index (χ3n) is 5.88. The smallest absolute Gasteiger partial charge is 0.165 e. The molecular formula is C24H25N5OS. The number of aromatic nitrogens is 4. The minimum atomic E-state index is 0.165. The minimum absolute atomic E-state index is 0.165. The van der Waals surface area contributed by atoms with E-state index in [9.17, 15) is 4.79 Å². The predicted octanol–water partition coefficient (Wildman–Crippen LogP) is 5.01. The summed E-state index contributed by atoms with van der Waals surface area (Å²) in [4.78, 5) is 23.3. The number of carbonyl (C=O) groups is 1. The number of Topliss-reactive ketones (excluding diaryl/α,β-unsaturated/α-hetero) is 1. The number of hydrogen-bond acceptors (Lipinski definition) is 6. The summed E-state index contributed by atoms with van der Waals surface area (Å²) in [5.74, 6) is 0.165. The van der Waals surface area contributed by atoms with Gasteiger partial charge in [-0.1, -0.05) is 18.9 Å². The van der Waals surface area contributed by atoms with Crippen molar-refractivity contribution >= 4 is 22.8 Å². The van der Waals surface area contributed by atoms with Gasteiger partial charge in [0.25, 0.3) is 0 Å². The Morgan fingerprint density at radius 3 is 3.06 bits per heavy atom. The number of pyridine rings is 1. The van der Waals surface area contributed by atoms with Crippen LogP contribution in [0.3, 0.4) is 0 Å². The molecule has 4 aromatic rings. The molecule has 1 unspecified atom stereocenters. The van der Waals surface area contributed by atoms with Crippen molar-refractivity contribution in [2.45, 2.75) is 44.6 Å². The third kappa shape index (κ3) is 4.43. The second-order valence-corrected chi connectivity index (χ2v) is 8.96. The molecule has 0 aliphatic carbocycles. The van der Waals surface area contributed by atoms with Gasteiger partial charge in [-0.2, -0.15) is 5.10 Å². The molecule has 0 aromatic carbocycles. The molecule has 0 radical (unpaired) electrons. The molecule has 5 heterocycles. The van der Waals surface area contributed by atoms with E-state index in [0.717, 1.165) is 46.9 Å². The standard InChI is InChI=1S/C24H25N5OS/c30-22(8-7-18-5-2-1-3-11-25-18)17-9-12-26-21(15-17)19-16-27-29-13-10-20(28-24(19)29)23-6-4-14-31-23/h4,6,9-10,12-16,18,25H,1-3,5,7-8,11H2. The molecule has 6 nitrogen and oxygen atoms in total. The van der Waals surface area contributed by atoms with E-state index in [1.54, 1.807) is 28.2 Å². The van der Waals surface area contributed by atoms with E-state index in [1.165, 1.54) is 19.3 Å². The highest BCUT2D eigenvalue weighted by Gasteiger charge is 2.16. The average Bonchev–Trinajstić information content (AvgIpc) is 3.42. The van der Waals surface area contributed by atoms with Crippen molar-refractivity contribution in [3.05, 3.63) is 59.9 Å². The summed E-state index contributed by atoms with van der Waals surface area (Å²) in [6, 6.07) is 10.2. The Morgan fingerprint density at radius 1 is 1.19 bits per heavy atom. The van der Waals surface area contributed by atoms with Gasteiger partial charge in [-0.05, 0) is 55.5 Å². The maximum Gasteiger partial charge on any atom is 0.165 e. The number of ketones is 1. The molecule has 1 fully saturated rings. The van der Waals surface area contributed by atoms with Crippen LogP contribution < -0.4 is 5.32 Å². The summed E-state index contributed by atoms with van der Waals surface area (Å²) < 4.78 is 1.75. The number of carbonyl (C=O) groups excluding carboxylic acids is 1. The summed E-state index contributed by atoms with van der Waals surface area (Å²) in [5, 5.41) is 10.0. The summed E-state index contributed by atoms with van der Waals surface area (Å²) in [6.45, 7) is 1.06. The number of thiophene rings is 1. The maximum atomic E-state index is 12.9. The van der Waals surface area contributed by atoms with E-state index in [-0.39, 0.29) is 5.78 Å². The maximum absolute atomic E-state index is 12.9. The highest BCUT2D eigenvalue weighted by molar-refractivity contribution is 7.13. The van der Waals surface area contributed by atoms with Crippen LogP contribution in [-0.4, -0.2) is 38.0 Å². The molecule has 0 saturated carbocycles. The van der Waals surface area contributed by atoms with E-state index >= 15 is 0 Å². The van der Waals surface area contributed by atoms with Crippen LogP contribution in [0.4, 0.5) is 0 Å². The first-order chi connectivity index (χ1) is 15.3. The number of rotatable bonds is 6. The van der Waals surface area contributed by atoms with E-state index in [0.29, 0.717) is 18.0 Å². The van der Waals surface area contributed by atoms with E-state index in [4.69, 9.17) is 4.98 Å². The lowest BCUT2D eigenvalue weighted by Gasteiger charge is -2.15. The zero-order valence-electron chi connectivity index (χ0n) is 17.3. The number of hydrogen-bond donors (Lipinski definition) is 1. The SMILES string of the molecule is O=C(CCC1CCCCCN1)c1ccnc(-c2cnn3ccc(-c4cccs4)nc23)c1. The van der Waals surface area contributed by atoms with Gasteiger partial charge in [0, 0.05) is 30.4 Å². The van der Waals surface area contributed by atoms with Crippen molar-refractivity contribution in [2.24, 2.45) is 0 Å². The molecule has 0 amide bonds. The van der Waals surface area contributed by atoms with E-state index < -0.39 is 0 Å². The van der Waals surface area contributed by atoms with Crippen molar-refractivity contribution in [3.8, 4) is 21.8 Å². The molecule has 31 heavy (non-hydrogen) atoms. The highest BCUT2D eigenvalue weighted by Crippen LogP contribution is 2.27. The summed E-state index contributed by atoms with van der Waals surface area (Å²) >= 11 is 1.66. The van der Waals surface area contributed by atoms with Crippen LogP contribution in [0.25, 0.3) is 27.5 Å². The van der Waals surface area contributed by atoms with Gasteiger partial charge in [0.15, 0.2) is 11.4 Å². The van der Waals surface area contributed by atoms with Gasteiger partial charge in [0.2, 0.25) is 0 Å². The van der Waals surface area contributed by atoms with Crippen LogP contribution in [0.15, 0.2) is 54.3 Å². The van der Waals surface area contributed by atoms with Gasteiger partial charge in [-0.25, -0.2) is 9.50 Å². The molecule has 1 N–H and O–H groups in total. The van der Waals surface area contributed by atoms with E-state index in [1.807, 2.05) is 35.8 Å². The number of nitrogens with one attached hydrogen (secondary N) is 1. The topological polar surface area (TPSA) is 72.2 Å². The summed E-state index contributed by atoms with van der Waals surface area (Å²) in [7, 11) is 0. The van der Waals surface area contributed by atoms with Crippen molar-refractivity contribution in [1.29, 1.82) is 0 Å². The van der Waals surface area contributed by atoms with Crippen LogP contribution in [-0.2, 0) is 0 Å². The fourth-order valence-corrected chi connectivity index (χ4v) is 4.85. The van der Waals surface area contributed by atoms with Gasteiger partial charge < -0.3 is 5.32 Å². The van der Waals surface area contributed by atoms with Crippen LogP contribution >= 0.6 is 11.3 Å². The fraction of sp³-hybridized carbons (Fsp3) is 0.333. The first-order valence-corrected chi connectivity index (χ1v) is 11.8. The molecule has 158 valence electrons. The van der Waals surface area contributed by atoms with Gasteiger partial charge in [-0.3, -0.25) is 9.78 Å². The van der Waals surface area contributed by atoms with Gasteiger partial charge in [-0.15, -0.1) is 11.3 Å². The normalized spacial score (nSPS) is 17.0. The molecule has 1 aliphatic rings. The third-order valence-corrected chi connectivity index (χ3v) is 6.78. The molecule has 5 rings (SSSR count). The van der Waals surface area contributed by atoms with Crippen LogP contribution in [0.5, 0.6) is 0 Å². The van der Waals surface area contributed by atoms with Crippen molar-refractivity contribution in [2.75, 3.05) is 6.54 Å². The Hall–Kier alpha value is -2.90. The Labute approximate surface area is 185 Å². The number of nitrogens with zero attached hydrogens (tertiary/aromatic N) is 4. The fourth-order valence-electron chi connectivity index (χ4n) is 4.16. The van der Waals surface area contributed by atoms with Gasteiger partial charge in [0.05, 0.1) is 28.0 Å². The average molecular weight is 432 g/mol. The zero-order chi connectivity index (χ0) is 21.0. The lowest BCUT2D eigenvalue weighted by Crippen LogP contribution is -2.28. The first-order valence-electron chi connectivity index (χ1n) is 10.9. The minimum Gasteiger partial charge on any atom is -0.314 e. The predicted molar refractivity (Wildman–Crippen MR) is 123 cm³/mol. The molecule has 1 atom stereocenters. The lowest BCUT2D eigenvalue weighted by atomic mass is 10.0. The summed E-state index contributed by atoms with van der Waals surface area (Å²) in [5.41, 5.74) is 3.91. The molecule has 1 saturated heterocycles. The van der Waals surface area contributed by atoms with Gasteiger partial charge >= 0.3 is 0 Å². The second-order valence-electron chi connectivity index (χ2n) is 8.01. The van der Waals surface area contributed by atoms with Crippen molar-refractivity contribution in [3.63, 3.8) is 0 Å². The van der Waals surface area contributed by atoms with E-state index in [2.05, 4.69) is 21.5 Å². The second kappa shape index (κ2) is 9.08. The Bertz CT molecular complexity index is 1180. The molecule has 4 aromatic heterocycles. The molecular weight excluding hydrogens is 406 g/mol. The lowest BCUT2D eigenvalue weighted by molar-refractivity contribution is 0.0975. The molecule has 0 bridgehead atoms. The van der Waals surface area contributed by atoms with Gasteiger partial charge in [0.1, 0.15) is 0 Å². The Kier molecular flexibility index (Phi) is 5.86. The molecule has 1 aliphatic heterocycles. The first kappa shape index (κ1) is 20.0. The van der Waals surface area contributed by atoms with Crippen LogP contribution in [0.1, 0.15) is 48.9 Å². The monoisotopic (exact) mass is 431 g/mol. The summed E-state index contributed by atoms with van der Waals surface area (Å²) in [6.07, 6.45) is 11.8. The largest absolute Gasteiger partial charge is 0.314 e. The zero-order valence-corrected chi connectivity index (χ0v) is 18.1. The van der Waals surface area contributed by atoms with Crippen molar-refractivity contribution < 1.29 is 4.79 Å². The number of fused-ring (bicyclic) bond motifs is 1. The Balaban J connectivity index is 1.37. The molecule has 0 spiro atoms. The van der Waals surface area contributed by atoms with Crippen molar-refractivity contribution in [1.82, 2.24) is 24.9 Å². The van der Waals surface area contributed by atoms with Crippen LogP contribution in [0, 0.1) is 0 Å².